The summed E-state index contributed by atoms with van der Waals surface area (Å²) in [5.74, 6) is -1.20. The summed E-state index contributed by atoms with van der Waals surface area (Å²) in [4.78, 5) is 37.8. The Morgan fingerprint density at radius 3 is 2.43 bits per heavy atom. The second-order valence-electron chi connectivity index (χ2n) is 8.65. The number of aliphatic carboxylic acids is 1. The number of amides is 2. The fourth-order valence-corrected chi connectivity index (χ4v) is 4.98. The normalized spacial score (nSPS) is 21.4. The van der Waals surface area contributed by atoms with Crippen LogP contribution in [-0.4, -0.2) is 39.7 Å². The van der Waals surface area contributed by atoms with Crippen molar-refractivity contribution in [2.24, 2.45) is 16.9 Å². The van der Waals surface area contributed by atoms with Gasteiger partial charge in [0.15, 0.2) is 6.04 Å². The maximum absolute atomic E-state index is 13.0. The Bertz CT molecular complexity index is 854. The molecule has 1 aliphatic heterocycles. The van der Waals surface area contributed by atoms with E-state index in [1.165, 1.54) is 6.42 Å². The van der Waals surface area contributed by atoms with E-state index in [1.807, 2.05) is 24.3 Å². The smallest absolute Gasteiger partial charge is 0.343 e. The van der Waals surface area contributed by atoms with E-state index >= 15 is 0 Å². The summed E-state index contributed by atoms with van der Waals surface area (Å²) in [6, 6.07) is 5.58. The van der Waals surface area contributed by atoms with Gasteiger partial charge in [0.1, 0.15) is 5.78 Å². The minimum Gasteiger partial charge on any atom is -0.480 e. The lowest BCUT2D eigenvalue weighted by Gasteiger charge is -2.27. The van der Waals surface area contributed by atoms with Gasteiger partial charge < -0.3 is 10.4 Å². The summed E-state index contributed by atoms with van der Waals surface area (Å²) in [5, 5.41) is 18.4. The highest BCUT2D eigenvalue weighted by Crippen LogP contribution is 2.33. The Morgan fingerprint density at radius 1 is 1.07 bits per heavy atom. The molecule has 0 aromatic heterocycles. The minimum atomic E-state index is -1.30. The molecule has 1 atom stereocenters. The van der Waals surface area contributed by atoms with Gasteiger partial charge in [0.2, 0.25) is 0 Å². The largest absolute Gasteiger partial charge is 0.480 e. The van der Waals surface area contributed by atoms with Crippen LogP contribution in [0.1, 0.15) is 69.8 Å². The summed E-state index contributed by atoms with van der Waals surface area (Å²) in [7, 11) is 0. The van der Waals surface area contributed by atoms with E-state index in [0.717, 1.165) is 67.7 Å². The molecule has 3 aliphatic rings. The number of hydrazone groups is 1. The number of nitrogens with one attached hydrogen (secondary N) is 1. The number of carbonyl (C=O) groups excluding carboxylic acids is 2. The van der Waals surface area contributed by atoms with Crippen LogP contribution in [-0.2, 0) is 9.59 Å². The molecule has 2 N–H and O–H groups in total. The highest BCUT2D eigenvalue weighted by atomic mass is 16.4. The number of ketones is 1. The lowest BCUT2D eigenvalue weighted by molar-refractivity contribution is -0.144. The van der Waals surface area contributed by atoms with Gasteiger partial charge in [0.25, 0.3) is 0 Å². The predicted molar refractivity (Wildman–Crippen MR) is 113 cm³/mol. The second kappa shape index (κ2) is 8.98. The average molecular weight is 412 g/mol. The van der Waals surface area contributed by atoms with E-state index in [2.05, 4.69) is 10.4 Å². The number of benzene rings is 1. The average Bonchev–Trinajstić information content (AvgIpc) is 3.25. The fourth-order valence-electron chi connectivity index (χ4n) is 4.98. The van der Waals surface area contributed by atoms with Crippen molar-refractivity contribution >= 4 is 29.2 Å². The first-order valence-electron chi connectivity index (χ1n) is 11.1. The molecular formula is C23H29N3O4. The van der Waals surface area contributed by atoms with Crippen molar-refractivity contribution in [2.45, 2.75) is 70.3 Å². The number of nitrogens with zero attached hydrogens (tertiary/aromatic N) is 2. The Hall–Kier alpha value is -2.70. The van der Waals surface area contributed by atoms with Crippen molar-refractivity contribution in [1.29, 1.82) is 0 Å². The number of hydrogen-bond donors (Lipinski definition) is 2. The van der Waals surface area contributed by atoms with Crippen LogP contribution in [0.25, 0.3) is 0 Å². The number of carboxylic acid groups (broad SMARTS) is 1. The fraction of sp³-hybridized carbons (Fsp3) is 0.565. The SMILES string of the molecule is O=C(CC(C(=O)O)N1N=C(C2CCCCC2)c2ccccc2NC1=O)C1CCCC1. The maximum Gasteiger partial charge on any atom is 0.343 e. The van der Waals surface area contributed by atoms with Gasteiger partial charge in [-0.25, -0.2) is 9.59 Å². The van der Waals surface area contributed by atoms with Crippen molar-refractivity contribution in [3.05, 3.63) is 29.8 Å². The molecule has 1 aromatic carbocycles. The molecule has 1 aromatic rings. The number of carbonyl (C=O) groups is 3. The van der Waals surface area contributed by atoms with Gasteiger partial charge in [-0.05, 0) is 31.7 Å². The number of Topliss-reactive ketones (excluding diaryl/α,β-unsaturated/α-hetero) is 1. The van der Waals surface area contributed by atoms with Gasteiger partial charge in [-0.1, -0.05) is 50.3 Å². The zero-order chi connectivity index (χ0) is 21.1. The molecule has 4 rings (SSSR count). The molecule has 2 fully saturated rings. The van der Waals surface area contributed by atoms with Crippen LogP contribution in [0.15, 0.2) is 29.4 Å². The Kier molecular flexibility index (Phi) is 6.16. The number of rotatable bonds is 6. The molecule has 2 aliphatic carbocycles. The van der Waals surface area contributed by atoms with Crippen molar-refractivity contribution < 1.29 is 19.5 Å². The van der Waals surface area contributed by atoms with Crippen LogP contribution in [0.2, 0.25) is 0 Å². The number of hydrogen-bond acceptors (Lipinski definition) is 4. The first-order chi connectivity index (χ1) is 14.5. The van der Waals surface area contributed by atoms with Crippen LogP contribution >= 0.6 is 0 Å². The number of urea groups is 1. The highest BCUT2D eigenvalue weighted by Gasteiger charge is 2.38. The number of carboxylic acids is 1. The van der Waals surface area contributed by atoms with Gasteiger partial charge in [-0.3, -0.25) is 4.79 Å². The van der Waals surface area contributed by atoms with Gasteiger partial charge in [-0.15, -0.1) is 0 Å². The van der Waals surface area contributed by atoms with Crippen molar-refractivity contribution in [1.82, 2.24) is 5.01 Å². The summed E-state index contributed by atoms with van der Waals surface area (Å²) < 4.78 is 0. The lowest BCUT2D eigenvalue weighted by Crippen LogP contribution is -2.45. The molecule has 1 heterocycles. The van der Waals surface area contributed by atoms with Crippen molar-refractivity contribution in [2.75, 3.05) is 5.32 Å². The van der Waals surface area contributed by atoms with Crippen molar-refractivity contribution in [3.8, 4) is 0 Å². The number of fused-ring (bicyclic) bond motifs is 1. The van der Waals surface area contributed by atoms with E-state index in [0.29, 0.717) is 5.69 Å². The van der Waals surface area contributed by atoms with E-state index in [-0.39, 0.29) is 24.0 Å². The third kappa shape index (κ3) is 4.25. The van der Waals surface area contributed by atoms with E-state index < -0.39 is 18.0 Å². The van der Waals surface area contributed by atoms with Gasteiger partial charge >= 0.3 is 12.0 Å². The van der Waals surface area contributed by atoms with Crippen LogP contribution in [0, 0.1) is 11.8 Å². The zero-order valence-electron chi connectivity index (χ0n) is 17.2. The molecular weight excluding hydrogens is 382 g/mol. The molecule has 7 heteroatoms. The highest BCUT2D eigenvalue weighted by molar-refractivity contribution is 6.11. The Morgan fingerprint density at radius 2 is 1.73 bits per heavy atom. The molecule has 2 amide bonds. The van der Waals surface area contributed by atoms with Gasteiger partial charge in [0, 0.05) is 23.8 Å². The zero-order valence-corrected chi connectivity index (χ0v) is 17.2. The summed E-state index contributed by atoms with van der Waals surface area (Å²) in [6.07, 6.45) is 8.70. The monoisotopic (exact) mass is 411 g/mol. The molecule has 0 saturated heterocycles. The molecule has 0 spiro atoms. The maximum atomic E-state index is 13.0. The molecule has 0 bridgehead atoms. The lowest BCUT2D eigenvalue weighted by atomic mass is 9.83. The quantitative estimate of drug-likeness (QED) is 0.724. The van der Waals surface area contributed by atoms with E-state index in [1.54, 1.807) is 0 Å². The van der Waals surface area contributed by atoms with Crippen LogP contribution in [0.5, 0.6) is 0 Å². The van der Waals surface area contributed by atoms with Crippen LogP contribution < -0.4 is 5.32 Å². The van der Waals surface area contributed by atoms with E-state index in [9.17, 15) is 19.5 Å². The minimum absolute atomic E-state index is 0.0797. The molecule has 1 unspecified atom stereocenters. The van der Waals surface area contributed by atoms with Crippen LogP contribution in [0.3, 0.4) is 0 Å². The second-order valence-corrected chi connectivity index (χ2v) is 8.65. The third-order valence-electron chi connectivity index (χ3n) is 6.65. The van der Waals surface area contributed by atoms with Gasteiger partial charge in [-0.2, -0.15) is 10.1 Å². The topological polar surface area (TPSA) is 99.1 Å². The predicted octanol–water partition coefficient (Wildman–Crippen LogP) is 4.42. The van der Waals surface area contributed by atoms with E-state index in [4.69, 9.17) is 0 Å². The summed E-state index contributed by atoms with van der Waals surface area (Å²) >= 11 is 0. The molecule has 0 radical (unpaired) electrons. The standard InChI is InChI=1S/C23H29N3O4/c27-20(15-8-4-5-9-15)14-19(22(28)29)26-23(30)24-18-13-7-6-12-17(18)21(25-26)16-10-2-1-3-11-16/h6-7,12-13,15-16,19H,1-5,8-11,14H2,(H,24,30)(H,28,29). The number of para-hydroxylation sites is 1. The number of anilines is 1. The third-order valence-corrected chi connectivity index (χ3v) is 6.65. The summed E-state index contributed by atoms with van der Waals surface area (Å²) in [6.45, 7) is 0. The van der Waals surface area contributed by atoms with Gasteiger partial charge in [0.05, 0.1) is 11.4 Å². The Balaban J connectivity index is 1.68. The summed E-state index contributed by atoms with van der Waals surface area (Å²) in [5.41, 5.74) is 2.23. The van der Waals surface area contributed by atoms with Crippen LogP contribution in [0.4, 0.5) is 10.5 Å². The molecule has 160 valence electrons. The molecule has 30 heavy (non-hydrogen) atoms. The molecule has 2 saturated carbocycles. The first kappa shape index (κ1) is 20.6. The van der Waals surface area contributed by atoms with Crippen molar-refractivity contribution in [3.63, 3.8) is 0 Å². The first-order valence-corrected chi connectivity index (χ1v) is 11.1. The Labute approximate surface area is 176 Å². The molecule has 7 nitrogen and oxygen atoms in total.